The number of hydrogen-bond acceptors (Lipinski definition) is 6. The first-order chi connectivity index (χ1) is 16.1. The van der Waals surface area contributed by atoms with Crippen LogP contribution in [0.25, 0.3) is 22.4 Å². The van der Waals surface area contributed by atoms with Gasteiger partial charge in [-0.05, 0) is 56.3 Å². The summed E-state index contributed by atoms with van der Waals surface area (Å²) in [7, 11) is -3.83. The van der Waals surface area contributed by atoms with Gasteiger partial charge in [0.05, 0.1) is 21.5 Å². The third kappa shape index (κ3) is 5.13. The molecule has 1 aromatic heterocycles. The number of benzene rings is 3. The van der Waals surface area contributed by atoms with Gasteiger partial charge in [-0.25, -0.2) is 23.3 Å². The monoisotopic (exact) mass is 478 g/mol. The van der Waals surface area contributed by atoms with Crippen LogP contribution in [-0.4, -0.2) is 36.4 Å². The molecule has 1 unspecified atom stereocenters. The molecule has 0 radical (unpaired) electrons. The maximum atomic E-state index is 12.6. The largest absolute Gasteiger partial charge is 0.449 e. The number of ether oxygens (including phenoxy) is 1. The Kier molecular flexibility index (Phi) is 6.18. The van der Waals surface area contributed by atoms with Gasteiger partial charge in [0.15, 0.2) is 6.10 Å². The molecular weight excluding hydrogens is 456 g/mol. The van der Waals surface area contributed by atoms with Crippen LogP contribution in [0.4, 0.5) is 5.69 Å². The molecule has 0 aliphatic heterocycles. The van der Waals surface area contributed by atoms with Crippen molar-refractivity contribution in [2.75, 3.05) is 5.32 Å². The van der Waals surface area contributed by atoms with Crippen LogP contribution in [0, 0.1) is 6.92 Å². The molecule has 9 nitrogen and oxygen atoms in total. The average Bonchev–Trinajstić information content (AvgIpc) is 3.22. The summed E-state index contributed by atoms with van der Waals surface area (Å²) in [5, 5.41) is 7.62. The van der Waals surface area contributed by atoms with Gasteiger partial charge in [0.25, 0.3) is 5.91 Å². The van der Waals surface area contributed by atoms with Gasteiger partial charge in [0, 0.05) is 11.3 Å². The summed E-state index contributed by atoms with van der Waals surface area (Å²) in [5.74, 6) is -0.552. The predicted molar refractivity (Wildman–Crippen MR) is 128 cm³/mol. The molecule has 10 heteroatoms. The highest BCUT2D eigenvalue weighted by Gasteiger charge is 2.20. The van der Waals surface area contributed by atoms with E-state index in [-0.39, 0.29) is 10.5 Å². The van der Waals surface area contributed by atoms with Gasteiger partial charge in [0.1, 0.15) is 5.82 Å². The number of nitrogens with zero attached hydrogens (tertiary/aromatic N) is 1. The SMILES string of the molecule is Cc1ccc(-c2nc3ccc(C(=O)OC(C)C(=O)Nc4ccc(S(N)(=O)=O)cc4)cc3[nH]2)cc1. The average molecular weight is 479 g/mol. The lowest BCUT2D eigenvalue weighted by Gasteiger charge is -2.13. The van der Waals surface area contributed by atoms with E-state index in [0.29, 0.717) is 22.5 Å². The number of anilines is 1. The second-order valence-corrected chi connectivity index (χ2v) is 9.35. The maximum absolute atomic E-state index is 12.6. The highest BCUT2D eigenvalue weighted by atomic mass is 32.2. The number of primary sulfonamides is 1. The van der Waals surface area contributed by atoms with Gasteiger partial charge in [-0.15, -0.1) is 0 Å². The van der Waals surface area contributed by atoms with Crippen LogP contribution in [0.1, 0.15) is 22.8 Å². The molecule has 34 heavy (non-hydrogen) atoms. The van der Waals surface area contributed by atoms with Gasteiger partial charge < -0.3 is 15.0 Å². The van der Waals surface area contributed by atoms with Crippen LogP contribution in [0.15, 0.2) is 71.6 Å². The van der Waals surface area contributed by atoms with Gasteiger partial charge in [-0.1, -0.05) is 29.8 Å². The Labute approximate surface area is 196 Å². The molecule has 3 aromatic carbocycles. The topological polar surface area (TPSA) is 144 Å². The van der Waals surface area contributed by atoms with Crippen molar-refractivity contribution < 1.29 is 22.7 Å². The van der Waals surface area contributed by atoms with Crippen LogP contribution in [0.3, 0.4) is 0 Å². The van der Waals surface area contributed by atoms with E-state index < -0.39 is 28.0 Å². The summed E-state index contributed by atoms with van der Waals surface area (Å²) in [5.41, 5.74) is 4.03. The molecular formula is C24H22N4O5S. The molecule has 0 spiro atoms. The Morgan fingerprint density at radius 1 is 1.03 bits per heavy atom. The highest BCUT2D eigenvalue weighted by Crippen LogP contribution is 2.22. The second-order valence-electron chi connectivity index (χ2n) is 7.79. The number of aryl methyl sites for hydroxylation is 1. The number of carbonyl (C=O) groups excluding carboxylic acids is 2. The molecule has 0 fully saturated rings. The van der Waals surface area contributed by atoms with Crippen molar-refractivity contribution in [1.29, 1.82) is 0 Å². The number of imidazole rings is 1. The number of esters is 1. The zero-order valence-corrected chi connectivity index (χ0v) is 19.2. The zero-order chi connectivity index (χ0) is 24.5. The number of nitrogens with two attached hydrogens (primary N) is 1. The van der Waals surface area contributed by atoms with Crippen LogP contribution in [-0.2, 0) is 19.6 Å². The normalized spacial score (nSPS) is 12.3. The lowest BCUT2D eigenvalue weighted by Crippen LogP contribution is -2.30. The number of H-pyrrole nitrogens is 1. The van der Waals surface area contributed by atoms with Crippen molar-refractivity contribution >= 4 is 38.6 Å². The smallest absolute Gasteiger partial charge is 0.338 e. The minimum absolute atomic E-state index is 0.0790. The van der Waals surface area contributed by atoms with Crippen LogP contribution in [0.5, 0.6) is 0 Å². The number of fused-ring (bicyclic) bond motifs is 1. The van der Waals surface area contributed by atoms with E-state index in [1.807, 2.05) is 31.2 Å². The molecule has 4 N–H and O–H groups in total. The molecule has 1 atom stereocenters. The lowest BCUT2D eigenvalue weighted by molar-refractivity contribution is -0.123. The Morgan fingerprint density at radius 2 is 1.71 bits per heavy atom. The molecule has 174 valence electrons. The molecule has 1 heterocycles. The number of carbonyl (C=O) groups is 2. The van der Waals surface area contributed by atoms with Crippen molar-refractivity contribution in [3.63, 3.8) is 0 Å². The Hall–Kier alpha value is -4.02. The van der Waals surface area contributed by atoms with Crippen LogP contribution in [0.2, 0.25) is 0 Å². The van der Waals surface area contributed by atoms with Gasteiger partial charge in [0.2, 0.25) is 10.0 Å². The highest BCUT2D eigenvalue weighted by molar-refractivity contribution is 7.89. The summed E-state index contributed by atoms with van der Waals surface area (Å²) in [6.07, 6.45) is -1.09. The van der Waals surface area contributed by atoms with Crippen molar-refractivity contribution in [3.8, 4) is 11.4 Å². The summed E-state index contributed by atoms with van der Waals surface area (Å²) in [4.78, 5) is 32.7. The van der Waals surface area contributed by atoms with Crippen molar-refractivity contribution in [1.82, 2.24) is 9.97 Å². The Morgan fingerprint density at radius 3 is 2.35 bits per heavy atom. The molecule has 0 saturated carbocycles. The summed E-state index contributed by atoms with van der Waals surface area (Å²) in [6.45, 7) is 3.45. The summed E-state index contributed by atoms with van der Waals surface area (Å²) in [6, 6.07) is 18.2. The molecule has 0 saturated heterocycles. The maximum Gasteiger partial charge on any atom is 0.338 e. The number of aromatic amines is 1. The lowest BCUT2D eigenvalue weighted by atomic mass is 10.1. The van der Waals surface area contributed by atoms with Gasteiger partial charge >= 0.3 is 5.97 Å². The minimum atomic E-state index is -3.83. The third-order valence-corrected chi connectivity index (χ3v) is 6.08. The van der Waals surface area contributed by atoms with E-state index in [0.717, 1.165) is 11.1 Å². The predicted octanol–water partition coefficient (Wildman–Crippen LogP) is 3.37. The minimum Gasteiger partial charge on any atom is -0.449 e. The number of sulfonamides is 1. The molecule has 4 rings (SSSR count). The number of nitrogens with one attached hydrogen (secondary N) is 2. The summed E-state index contributed by atoms with van der Waals surface area (Å²) < 4.78 is 28.0. The standard InChI is InChI=1S/C24H22N4O5S/c1-14-3-5-16(6-4-14)22-27-20-12-7-17(13-21(20)28-22)24(30)33-15(2)23(29)26-18-8-10-19(11-9-18)34(25,31)32/h3-13,15H,1-2H3,(H,26,29)(H,27,28)(H2,25,31,32). The van der Waals surface area contributed by atoms with E-state index in [4.69, 9.17) is 9.88 Å². The van der Waals surface area contributed by atoms with E-state index in [1.165, 1.54) is 31.2 Å². The molecule has 1 amide bonds. The molecule has 0 aliphatic carbocycles. The van der Waals surface area contributed by atoms with Gasteiger partial charge in [-0.3, -0.25) is 4.79 Å². The van der Waals surface area contributed by atoms with E-state index in [1.54, 1.807) is 18.2 Å². The fourth-order valence-corrected chi connectivity index (χ4v) is 3.75. The Bertz CT molecular complexity index is 1480. The number of rotatable bonds is 6. The van der Waals surface area contributed by atoms with E-state index in [2.05, 4.69) is 15.3 Å². The first-order valence-corrected chi connectivity index (χ1v) is 11.9. The third-order valence-electron chi connectivity index (χ3n) is 5.15. The molecule has 0 aliphatic rings. The quantitative estimate of drug-likeness (QED) is 0.362. The number of aromatic nitrogens is 2. The van der Waals surface area contributed by atoms with Crippen LogP contribution >= 0.6 is 0 Å². The second kappa shape index (κ2) is 9.08. The number of amides is 1. The first kappa shape index (κ1) is 23.1. The fourth-order valence-electron chi connectivity index (χ4n) is 3.24. The fraction of sp³-hybridized carbons (Fsp3) is 0.125. The van der Waals surface area contributed by atoms with Crippen molar-refractivity contribution in [3.05, 3.63) is 77.9 Å². The van der Waals surface area contributed by atoms with Crippen LogP contribution < -0.4 is 10.5 Å². The van der Waals surface area contributed by atoms with E-state index >= 15 is 0 Å². The summed E-state index contributed by atoms with van der Waals surface area (Å²) >= 11 is 0. The van der Waals surface area contributed by atoms with Gasteiger partial charge in [-0.2, -0.15) is 0 Å². The zero-order valence-electron chi connectivity index (χ0n) is 18.4. The number of hydrogen-bond donors (Lipinski definition) is 3. The Balaban J connectivity index is 1.43. The molecule has 0 bridgehead atoms. The van der Waals surface area contributed by atoms with Crippen molar-refractivity contribution in [2.45, 2.75) is 24.8 Å². The van der Waals surface area contributed by atoms with Crippen molar-refractivity contribution in [2.24, 2.45) is 5.14 Å². The van der Waals surface area contributed by atoms with E-state index in [9.17, 15) is 18.0 Å². The first-order valence-electron chi connectivity index (χ1n) is 10.3. The molecule has 4 aromatic rings.